The molecule has 0 aliphatic carbocycles. The van der Waals surface area contributed by atoms with Gasteiger partial charge in [0, 0.05) is 30.7 Å². The average molecular weight is 437 g/mol. The van der Waals surface area contributed by atoms with Crippen molar-refractivity contribution in [2.45, 2.75) is 25.0 Å². The van der Waals surface area contributed by atoms with Crippen LogP contribution in [0.2, 0.25) is 0 Å². The van der Waals surface area contributed by atoms with Gasteiger partial charge in [-0.2, -0.15) is 10.2 Å². The number of fused-ring (bicyclic) bond motifs is 1. The Bertz CT molecular complexity index is 1180. The number of aromatic nitrogens is 4. The Kier molecular flexibility index (Phi) is 5.36. The third-order valence-electron chi connectivity index (χ3n) is 5.61. The normalized spacial score (nSPS) is 19.8. The van der Waals surface area contributed by atoms with E-state index in [1.807, 2.05) is 24.3 Å². The van der Waals surface area contributed by atoms with Crippen molar-refractivity contribution in [3.8, 4) is 22.9 Å². The van der Waals surface area contributed by atoms with Crippen LogP contribution in [0.5, 0.6) is 11.6 Å². The lowest BCUT2D eigenvalue weighted by molar-refractivity contribution is 0.0918. The third kappa shape index (κ3) is 3.84. The zero-order valence-electron chi connectivity index (χ0n) is 17.6. The fraction of sp³-hybridized carbons (Fsp3) is 0.364. The number of aryl methyl sites for hydroxylation is 1. The van der Waals surface area contributed by atoms with E-state index < -0.39 is 12.1 Å². The van der Waals surface area contributed by atoms with E-state index in [1.54, 1.807) is 23.9 Å². The third-order valence-corrected chi connectivity index (χ3v) is 5.61. The van der Waals surface area contributed by atoms with Crippen LogP contribution in [-0.2, 0) is 11.3 Å². The molecule has 3 aromatic rings. The van der Waals surface area contributed by atoms with Crippen LogP contribution in [0, 0.1) is 0 Å². The first-order valence-electron chi connectivity index (χ1n) is 10.5. The molecule has 1 fully saturated rings. The molecule has 2 unspecified atom stereocenters. The molecule has 1 saturated heterocycles. The minimum atomic E-state index is -0.439. The Hall–Kier alpha value is -3.66. The zero-order valence-corrected chi connectivity index (χ0v) is 17.6. The molecule has 1 N–H and O–H groups in total. The van der Waals surface area contributed by atoms with Crippen molar-refractivity contribution in [3.05, 3.63) is 58.5 Å². The molecule has 10 heteroatoms. The van der Waals surface area contributed by atoms with E-state index in [9.17, 15) is 9.59 Å². The van der Waals surface area contributed by atoms with Gasteiger partial charge in [0.25, 0.3) is 11.5 Å². The van der Waals surface area contributed by atoms with E-state index in [0.717, 1.165) is 12.0 Å². The highest BCUT2D eigenvalue weighted by Crippen LogP contribution is 2.24. The molecule has 1 amide bonds. The van der Waals surface area contributed by atoms with Gasteiger partial charge in [0.05, 0.1) is 38.7 Å². The molecule has 2 aliphatic heterocycles. The van der Waals surface area contributed by atoms with E-state index in [0.29, 0.717) is 30.5 Å². The van der Waals surface area contributed by atoms with Gasteiger partial charge in [-0.1, -0.05) is 12.1 Å². The standard InChI is InChI=1S/C22H23N5O5/c1-30-15-5-2-4-14(10-15)16-6-7-20(28)27(25-16)19-13-31-12-18(19)23-22(29)17-11-21-26(24-17)8-3-9-32-21/h2,4-7,10-11,18-19H,3,8-9,12-13H2,1H3,(H,23,29). The first kappa shape index (κ1) is 20.3. The summed E-state index contributed by atoms with van der Waals surface area (Å²) in [5, 5.41) is 11.8. The molecule has 32 heavy (non-hydrogen) atoms. The number of benzene rings is 1. The predicted molar refractivity (Wildman–Crippen MR) is 114 cm³/mol. The highest BCUT2D eigenvalue weighted by molar-refractivity contribution is 5.92. The maximum absolute atomic E-state index is 12.8. The molecule has 10 nitrogen and oxygen atoms in total. The Balaban J connectivity index is 1.38. The topological polar surface area (TPSA) is 110 Å². The number of carbonyl (C=O) groups excluding carboxylic acids is 1. The summed E-state index contributed by atoms with van der Waals surface area (Å²) >= 11 is 0. The van der Waals surface area contributed by atoms with E-state index in [-0.39, 0.29) is 30.4 Å². The Labute approximate surface area is 183 Å². The summed E-state index contributed by atoms with van der Waals surface area (Å²) in [6, 6.07) is 11.4. The van der Waals surface area contributed by atoms with Crippen LogP contribution >= 0.6 is 0 Å². The molecule has 4 heterocycles. The Morgan fingerprint density at radius 3 is 2.94 bits per heavy atom. The van der Waals surface area contributed by atoms with Gasteiger partial charge in [-0.05, 0) is 18.2 Å². The van der Waals surface area contributed by atoms with Crippen molar-refractivity contribution in [1.29, 1.82) is 0 Å². The number of nitrogens with one attached hydrogen (secondary N) is 1. The molecule has 2 aromatic heterocycles. The van der Waals surface area contributed by atoms with Crippen LogP contribution in [0.4, 0.5) is 0 Å². The first-order chi connectivity index (χ1) is 15.6. The molecule has 0 spiro atoms. The number of nitrogens with zero attached hydrogens (tertiary/aromatic N) is 4. The van der Waals surface area contributed by atoms with Crippen molar-refractivity contribution in [2.75, 3.05) is 26.9 Å². The molecular formula is C22H23N5O5. The van der Waals surface area contributed by atoms with Crippen molar-refractivity contribution < 1.29 is 19.0 Å². The minimum absolute atomic E-state index is 0.266. The quantitative estimate of drug-likeness (QED) is 0.640. The summed E-state index contributed by atoms with van der Waals surface area (Å²) in [4.78, 5) is 25.4. The fourth-order valence-electron chi connectivity index (χ4n) is 3.94. The molecular weight excluding hydrogens is 414 g/mol. The summed E-state index contributed by atoms with van der Waals surface area (Å²) in [5.74, 6) is 0.945. The number of methoxy groups -OCH3 is 1. The van der Waals surface area contributed by atoms with Crippen LogP contribution in [0.15, 0.2) is 47.3 Å². The average Bonchev–Trinajstić information content (AvgIpc) is 3.46. The van der Waals surface area contributed by atoms with Crippen LogP contribution in [0.1, 0.15) is 23.0 Å². The van der Waals surface area contributed by atoms with E-state index >= 15 is 0 Å². The summed E-state index contributed by atoms with van der Waals surface area (Å²) in [6.45, 7) is 1.87. The fourth-order valence-corrected chi connectivity index (χ4v) is 3.94. The number of ether oxygens (including phenoxy) is 3. The number of amides is 1. The van der Waals surface area contributed by atoms with Gasteiger partial charge in [-0.3, -0.25) is 9.59 Å². The lowest BCUT2D eigenvalue weighted by Gasteiger charge is -2.20. The Morgan fingerprint density at radius 2 is 2.09 bits per heavy atom. The van der Waals surface area contributed by atoms with Crippen molar-refractivity contribution in [3.63, 3.8) is 0 Å². The van der Waals surface area contributed by atoms with Gasteiger partial charge in [-0.25, -0.2) is 9.36 Å². The van der Waals surface area contributed by atoms with E-state index in [4.69, 9.17) is 14.2 Å². The van der Waals surface area contributed by atoms with Crippen molar-refractivity contribution in [2.24, 2.45) is 0 Å². The first-order valence-corrected chi connectivity index (χ1v) is 10.5. The minimum Gasteiger partial charge on any atom is -0.497 e. The van der Waals surface area contributed by atoms with Crippen LogP contribution in [0.3, 0.4) is 0 Å². The van der Waals surface area contributed by atoms with Gasteiger partial charge in [-0.15, -0.1) is 0 Å². The molecule has 0 saturated carbocycles. The van der Waals surface area contributed by atoms with Crippen molar-refractivity contribution >= 4 is 5.91 Å². The zero-order chi connectivity index (χ0) is 22.1. The van der Waals surface area contributed by atoms with E-state index in [2.05, 4.69) is 15.5 Å². The number of carbonyl (C=O) groups is 1. The lowest BCUT2D eigenvalue weighted by atomic mass is 10.1. The second-order valence-corrected chi connectivity index (χ2v) is 7.71. The Morgan fingerprint density at radius 1 is 1.19 bits per heavy atom. The predicted octanol–water partition coefficient (Wildman–Crippen LogP) is 1.27. The molecule has 0 bridgehead atoms. The molecule has 166 valence electrons. The maximum atomic E-state index is 12.8. The van der Waals surface area contributed by atoms with Gasteiger partial charge in [0.1, 0.15) is 11.8 Å². The summed E-state index contributed by atoms with van der Waals surface area (Å²) < 4.78 is 19.5. The second-order valence-electron chi connectivity index (χ2n) is 7.71. The number of hydrogen-bond acceptors (Lipinski definition) is 7. The molecule has 1 aromatic carbocycles. The SMILES string of the molecule is COc1cccc(-c2ccc(=O)n(C3COCC3NC(=O)c3cc4n(n3)CCCO4)n2)c1. The van der Waals surface area contributed by atoms with Crippen LogP contribution < -0.4 is 20.3 Å². The molecule has 2 aliphatic rings. The largest absolute Gasteiger partial charge is 0.497 e. The summed E-state index contributed by atoms with van der Waals surface area (Å²) in [7, 11) is 1.60. The maximum Gasteiger partial charge on any atom is 0.272 e. The van der Waals surface area contributed by atoms with Gasteiger partial charge < -0.3 is 19.5 Å². The molecule has 5 rings (SSSR count). The lowest BCUT2D eigenvalue weighted by Crippen LogP contribution is -2.44. The highest BCUT2D eigenvalue weighted by atomic mass is 16.5. The van der Waals surface area contributed by atoms with Crippen LogP contribution in [-0.4, -0.2) is 58.4 Å². The van der Waals surface area contributed by atoms with Crippen molar-refractivity contribution in [1.82, 2.24) is 24.9 Å². The molecule has 0 radical (unpaired) electrons. The van der Waals surface area contributed by atoms with Gasteiger partial charge in [0.15, 0.2) is 5.69 Å². The van der Waals surface area contributed by atoms with Gasteiger partial charge in [0.2, 0.25) is 5.88 Å². The number of rotatable bonds is 5. The van der Waals surface area contributed by atoms with Gasteiger partial charge >= 0.3 is 0 Å². The monoisotopic (exact) mass is 437 g/mol. The number of hydrogen-bond donors (Lipinski definition) is 1. The highest BCUT2D eigenvalue weighted by Gasteiger charge is 2.33. The smallest absolute Gasteiger partial charge is 0.272 e. The van der Waals surface area contributed by atoms with Crippen LogP contribution in [0.25, 0.3) is 11.3 Å². The molecule has 2 atom stereocenters. The summed E-state index contributed by atoms with van der Waals surface area (Å²) in [5.41, 5.74) is 1.45. The second kappa shape index (κ2) is 8.46. The van der Waals surface area contributed by atoms with E-state index in [1.165, 1.54) is 10.7 Å². The summed E-state index contributed by atoms with van der Waals surface area (Å²) in [6.07, 6.45) is 0.854.